The van der Waals surface area contributed by atoms with Crippen LogP contribution in [0.3, 0.4) is 0 Å². The van der Waals surface area contributed by atoms with Crippen LogP contribution in [0.1, 0.15) is 17.8 Å². The molecule has 0 unspecified atom stereocenters. The van der Waals surface area contributed by atoms with Crippen molar-refractivity contribution in [3.05, 3.63) is 59.9 Å². The fraction of sp³-hybridized carbons (Fsp3) is 0.318. The van der Waals surface area contributed by atoms with Gasteiger partial charge in [0.15, 0.2) is 5.82 Å². The molecule has 0 saturated carbocycles. The Morgan fingerprint density at radius 1 is 1.00 bits per heavy atom. The molecule has 0 fully saturated rings. The highest BCUT2D eigenvalue weighted by Crippen LogP contribution is 2.23. The first-order valence-corrected chi connectivity index (χ1v) is 9.53. The number of benzene rings is 2. The third kappa shape index (κ3) is 5.34. The van der Waals surface area contributed by atoms with Gasteiger partial charge in [0.05, 0.1) is 14.2 Å². The summed E-state index contributed by atoms with van der Waals surface area (Å²) in [5.74, 6) is 3.09. The van der Waals surface area contributed by atoms with Crippen LogP contribution in [-0.2, 0) is 24.7 Å². The molecule has 7 heteroatoms. The number of hydrogen-bond donors (Lipinski definition) is 1. The maximum atomic E-state index is 12.2. The van der Waals surface area contributed by atoms with Crippen molar-refractivity contribution in [2.24, 2.45) is 7.05 Å². The van der Waals surface area contributed by atoms with E-state index < -0.39 is 0 Å². The van der Waals surface area contributed by atoms with Crippen molar-refractivity contribution in [3.8, 4) is 22.9 Å². The standard InChI is InChI=1S/C22H26N4O3/c1-26-20(24-25-22(26)17-7-5-4-6-8-17)11-12-23-21(27)10-9-16-13-18(28-2)15-19(14-16)29-3/h4-8,13-15H,9-12H2,1-3H3,(H,23,27). The number of nitrogens with zero attached hydrogens (tertiary/aromatic N) is 3. The first-order chi connectivity index (χ1) is 14.1. The second-order valence-electron chi connectivity index (χ2n) is 6.69. The summed E-state index contributed by atoms with van der Waals surface area (Å²) in [6, 6.07) is 15.6. The van der Waals surface area contributed by atoms with Crippen LogP contribution in [0.4, 0.5) is 0 Å². The number of rotatable bonds is 9. The molecule has 0 bridgehead atoms. The minimum absolute atomic E-state index is 0.00256. The van der Waals surface area contributed by atoms with Gasteiger partial charge < -0.3 is 19.4 Å². The largest absolute Gasteiger partial charge is 0.497 e. The molecule has 1 aromatic heterocycles. The van der Waals surface area contributed by atoms with Gasteiger partial charge in [0.2, 0.25) is 5.91 Å². The Balaban J connectivity index is 1.49. The molecule has 152 valence electrons. The Bertz CT molecular complexity index is 932. The molecule has 0 saturated heterocycles. The first-order valence-electron chi connectivity index (χ1n) is 9.53. The zero-order valence-electron chi connectivity index (χ0n) is 17.0. The zero-order chi connectivity index (χ0) is 20.6. The minimum atomic E-state index is -0.00256. The quantitative estimate of drug-likeness (QED) is 0.604. The fourth-order valence-electron chi connectivity index (χ4n) is 3.09. The van der Waals surface area contributed by atoms with Crippen LogP contribution in [0.5, 0.6) is 11.5 Å². The number of aromatic nitrogens is 3. The van der Waals surface area contributed by atoms with E-state index in [2.05, 4.69) is 15.5 Å². The Hall–Kier alpha value is -3.35. The van der Waals surface area contributed by atoms with Crippen molar-refractivity contribution >= 4 is 5.91 Å². The van der Waals surface area contributed by atoms with Crippen molar-refractivity contribution in [3.63, 3.8) is 0 Å². The van der Waals surface area contributed by atoms with Crippen molar-refractivity contribution in [1.82, 2.24) is 20.1 Å². The Kier molecular flexibility index (Phi) is 6.84. The molecule has 7 nitrogen and oxygen atoms in total. The van der Waals surface area contributed by atoms with Crippen LogP contribution >= 0.6 is 0 Å². The number of ether oxygens (including phenoxy) is 2. The van der Waals surface area contributed by atoms with Crippen LogP contribution in [0.15, 0.2) is 48.5 Å². The van der Waals surface area contributed by atoms with E-state index in [4.69, 9.17) is 9.47 Å². The van der Waals surface area contributed by atoms with Gasteiger partial charge in [-0.2, -0.15) is 0 Å². The minimum Gasteiger partial charge on any atom is -0.497 e. The highest BCUT2D eigenvalue weighted by molar-refractivity contribution is 5.76. The first kappa shape index (κ1) is 20.4. The molecule has 29 heavy (non-hydrogen) atoms. The Morgan fingerprint density at radius 2 is 1.69 bits per heavy atom. The van der Waals surface area contributed by atoms with Crippen molar-refractivity contribution in [1.29, 1.82) is 0 Å². The summed E-state index contributed by atoms with van der Waals surface area (Å²) >= 11 is 0. The Morgan fingerprint density at radius 3 is 2.34 bits per heavy atom. The molecule has 0 spiro atoms. The van der Waals surface area contributed by atoms with E-state index in [1.807, 2.05) is 60.1 Å². The van der Waals surface area contributed by atoms with E-state index in [0.29, 0.717) is 25.8 Å². The van der Waals surface area contributed by atoms with E-state index in [1.165, 1.54) is 0 Å². The average molecular weight is 394 g/mol. The van der Waals surface area contributed by atoms with Gasteiger partial charge in [-0.1, -0.05) is 30.3 Å². The second kappa shape index (κ2) is 9.73. The molecule has 0 atom stereocenters. The Labute approximate surface area is 170 Å². The maximum absolute atomic E-state index is 12.2. The van der Waals surface area contributed by atoms with Gasteiger partial charge in [-0.3, -0.25) is 4.79 Å². The zero-order valence-corrected chi connectivity index (χ0v) is 17.0. The van der Waals surface area contributed by atoms with Gasteiger partial charge in [0, 0.05) is 38.1 Å². The van der Waals surface area contributed by atoms with Crippen LogP contribution in [0.25, 0.3) is 11.4 Å². The van der Waals surface area contributed by atoms with E-state index in [9.17, 15) is 4.79 Å². The molecule has 0 aliphatic carbocycles. The third-order valence-corrected chi connectivity index (χ3v) is 4.72. The van der Waals surface area contributed by atoms with Crippen LogP contribution in [-0.4, -0.2) is 41.4 Å². The van der Waals surface area contributed by atoms with Gasteiger partial charge in [-0.05, 0) is 24.1 Å². The van der Waals surface area contributed by atoms with Gasteiger partial charge >= 0.3 is 0 Å². The van der Waals surface area contributed by atoms with Gasteiger partial charge in [0.25, 0.3) is 0 Å². The van der Waals surface area contributed by atoms with Crippen LogP contribution < -0.4 is 14.8 Å². The summed E-state index contributed by atoms with van der Waals surface area (Å²) < 4.78 is 12.5. The summed E-state index contributed by atoms with van der Waals surface area (Å²) in [6.07, 6.45) is 1.63. The van der Waals surface area contributed by atoms with Gasteiger partial charge in [0.1, 0.15) is 17.3 Å². The summed E-state index contributed by atoms with van der Waals surface area (Å²) in [5, 5.41) is 11.5. The smallest absolute Gasteiger partial charge is 0.220 e. The van der Waals surface area contributed by atoms with Crippen LogP contribution in [0, 0.1) is 0 Å². The maximum Gasteiger partial charge on any atom is 0.220 e. The van der Waals surface area contributed by atoms with Crippen molar-refractivity contribution < 1.29 is 14.3 Å². The number of methoxy groups -OCH3 is 2. The molecule has 3 rings (SSSR count). The molecule has 0 radical (unpaired) electrons. The summed E-state index contributed by atoms with van der Waals surface area (Å²) in [4.78, 5) is 12.2. The predicted molar refractivity (Wildman–Crippen MR) is 111 cm³/mol. The van der Waals surface area contributed by atoms with E-state index in [-0.39, 0.29) is 5.91 Å². The average Bonchev–Trinajstić information content (AvgIpc) is 3.13. The van der Waals surface area contributed by atoms with Crippen molar-refractivity contribution in [2.45, 2.75) is 19.3 Å². The number of carbonyl (C=O) groups is 1. The van der Waals surface area contributed by atoms with E-state index in [1.54, 1.807) is 14.2 Å². The lowest BCUT2D eigenvalue weighted by Crippen LogP contribution is -2.26. The molecule has 1 N–H and O–H groups in total. The number of nitrogens with one attached hydrogen (secondary N) is 1. The molecular formula is C22H26N4O3. The SMILES string of the molecule is COc1cc(CCC(=O)NCCc2nnc(-c3ccccc3)n2C)cc(OC)c1. The van der Waals surface area contributed by atoms with Gasteiger partial charge in [-0.15, -0.1) is 10.2 Å². The molecule has 0 aliphatic heterocycles. The van der Waals surface area contributed by atoms with E-state index in [0.717, 1.165) is 34.3 Å². The lowest BCUT2D eigenvalue weighted by Gasteiger charge is -2.09. The number of aryl methyl sites for hydroxylation is 1. The second-order valence-corrected chi connectivity index (χ2v) is 6.69. The summed E-state index contributed by atoms with van der Waals surface area (Å²) in [5.41, 5.74) is 2.02. The summed E-state index contributed by atoms with van der Waals surface area (Å²) in [6.45, 7) is 0.515. The topological polar surface area (TPSA) is 78.3 Å². The third-order valence-electron chi connectivity index (χ3n) is 4.72. The monoisotopic (exact) mass is 394 g/mol. The number of amides is 1. The normalized spacial score (nSPS) is 10.6. The molecular weight excluding hydrogens is 368 g/mol. The lowest BCUT2D eigenvalue weighted by atomic mass is 10.1. The van der Waals surface area contributed by atoms with Gasteiger partial charge in [-0.25, -0.2) is 0 Å². The summed E-state index contributed by atoms with van der Waals surface area (Å²) in [7, 11) is 5.16. The molecule has 1 heterocycles. The highest BCUT2D eigenvalue weighted by atomic mass is 16.5. The predicted octanol–water partition coefficient (Wildman–Crippen LogP) is 2.79. The molecule has 2 aromatic carbocycles. The molecule has 0 aliphatic rings. The number of carbonyl (C=O) groups excluding carboxylic acids is 1. The molecule has 1 amide bonds. The molecule has 3 aromatic rings. The lowest BCUT2D eigenvalue weighted by molar-refractivity contribution is -0.121. The van der Waals surface area contributed by atoms with Crippen molar-refractivity contribution in [2.75, 3.05) is 20.8 Å². The number of hydrogen-bond acceptors (Lipinski definition) is 5. The highest BCUT2D eigenvalue weighted by Gasteiger charge is 2.11. The van der Waals surface area contributed by atoms with Crippen LogP contribution in [0.2, 0.25) is 0 Å². The fourth-order valence-corrected chi connectivity index (χ4v) is 3.09. The van der Waals surface area contributed by atoms with E-state index >= 15 is 0 Å².